The SMILES string of the molecule is CN(C(=O)Nc1ccccc1F)C(O)C(Br)(Br)Br. The first kappa shape index (κ1) is 15.9. The largest absolute Gasteiger partial charge is 0.370 e. The Kier molecular flexibility index (Phi) is 5.57. The number of aliphatic hydroxyl groups is 1. The maximum Gasteiger partial charge on any atom is 0.323 e. The van der Waals surface area contributed by atoms with E-state index in [0.717, 1.165) is 4.90 Å². The van der Waals surface area contributed by atoms with Gasteiger partial charge in [0.05, 0.1) is 5.69 Å². The van der Waals surface area contributed by atoms with Crippen LogP contribution in [0.15, 0.2) is 24.3 Å². The van der Waals surface area contributed by atoms with Crippen molar-refractivity contribution in [3.8, 4) is 0 Å². The molecule has 0 aromatic heterocycles. The van der Waals surface area contributed by atoms with Crippen molar-refractivity contribution in [1.29, 1.82) is 0 Å². The van der Waals surface area contributed by atoms with Crippen LogP contribution in [-0.2, 0) is 0 Å². The topological polar surface area (TPSA) is 52.6 Å². The second-order valence-corrected chi connectivity index (χ2v) is 10.4. The molecular weight excluding hydrogens is 439 g/mol. The molecule has 100 valence electrons. The number of hydrogen-bond donors (Lipinski definition) is 2. The summed E-state index contributed by atoms with van der Waals surface area (Å²) < 4.78 is 12.3. The third-order valence-corrected chi connectivity index (χ3v) is 3.32. The molecule has 0 aliphatic heterocycles. The molecule has 1 aromatic carbocycles. The minimum absolute atomic E-state index is 0.0471. The zero-order valence-corrected chi connectivity index (χ0v) is 14.0. The summed E-state index contributed by atoms with van der Waals surface area (Å²) in [7, 11) is 1.37. The van der Waals surface area contributed by atoms with Gasteiger partial charge in [0.25, 0.3) is 0 Å². The molecule has 1 unspecified atom stereocenters. The number of aliphatic hydroxyl groups excluding tert-OH is 1. The molecule has 1 rings (SSSR count). The van der Waals surface area contributed by atoms with Crippen molar-refractivity contribution in [3.63, 3.8) is 0 Å². The van der Waals surface area contributed by atoms with Gasteiger partial charge in [0.1, 0.15) is 5.82 Å². The molecule has 1 atom stereocenters. The standard InChI is InChI=1S/C10H10Br3FN2O2/c1-16(8(17)10(11,12)13)9(18)15-7-5-3-2-4-6(7)14/h2-5,8,17H,1H3,(H,15,18). The van der Waals surface area contributed by atoms with E-state index in [1.165, 1.54) is 25.2 Å². The van der Waals surface area contributed by atoms with Crippen LogP contribution in [0.3, 0.4) is 0 Å². The number of para-hydroxylation sites is 1. The quantitative estimate of drug-likeness (QED) is 0.538. The van der Waals surface area contributed by atoms with E-state index in [2.05, 4.69) is 53.1 Å². The molecule has 0 heterocycles. The molecule has 0 radical (unpaired) electrons. The van der Waals surface area contributed by atoms with Crippen LogP contribution >= 0.6 is 47.8 Å². The molecule has 2 N–H and O–H groups in total. The summed E-state index contributed by atoms with van der Waals surface area (Å²) in [4.78, 5) is 12.8. The summed E-state index contributed by atoms with van der Waals surface area (Å²) >= 11 is 9.30. The monoisotopic (exact) mass is 446 g/mol. The van der Waals surface area contributed by atoms with Crippen molar-refractivity contribution in [2.24, 2.45) is 0 Å². The fourth-order valence-corrected chi connectivity index (χ4v) is 2.02. The van der Waals surface area contributed by atoms with Crippen LogP contribution in [-0.4, -0.2) is 31.5 Å². The minimum atomic E-state index is -1.20. The molecule has 0 aliphatic rings. The molecule has 1 aromatic rings. The number of urea groups is 1. The Morgan fingerprint density at radius 3 is 2.50 bits per heavy atom. The second-order valence-electron chi connectivity index (χ2n) is 3.44. The highest BCUT2D eigenvalue weighted by atomic mass is 80.0. The molecule has 0 fully saturated rings. The van der Waals surface area contributed by atoms with Gasteiger partial charge in [-0.3, -0.25) is 4.90 Å². The highest BCUT2D eigenvalue weighted by Crippen LogP contribution is 2.38. The van der Waals surface area contributed by atoms with Crippen molar-refractivity contribution in [2.45, 2.75) is 8.37 Å². The third-order valence-electron chi connectivity index (χ3n) is 2.10. The number of halogens is 4. The van der Waals surface area contributed by atoms with Gasteiger partial charge < -0.3 is 10.4 Å². The van der Waals surface area contributed by atoms with Gasteiger partial charge in [-0.25, -0.2) is 9.18 Å². The van der Waals surface area contributed by atoms with Crippen molar-refractivity contribution in [2.75, 3.05) is 12.4 Å². The number of nitrogens with one attached hydrogen (secondary N) is 1. The molecule has 0 bridgehead atoms. The van der Waals surface area contributed by atoms with E-state index in [-0.39, 0.29) is 5.69 Å². The Morgan fingerprint density at radius 1 is 1.44 bits per heavy atom. The summed E-state index contributed by atoms with van der Waals surface area (Å²) in [6.45, 7) is 0. The first-order chi connectivity index (χ1) is 8.23. The van der Waals surface area contributed by atoms with Gasteiger partial charge in [-0.1, -0.05) is 59.9 Å². The van der Waals surface area contributed by atoms with Gasteiger partial charge >= 0.3 is 6.03 Å². The van der Waals surface area contributed by atoms with Crippen molar-refractivity contribution in [3.05, 3.63) is 30.1 Å². The highest BCUT2D eigenvalue weighted by Gasteiger charge is 2.34. The predicted molar refractivity (Wildman–Crippen MR) is 78.7 cm³/mol. The van der Waals surface area contributed by atoms with Gasteiger partial charge in [-0.05, 0) is 12.1 Å². The van der Waals surface area contributed by atoms with E-state index in [4.69, 9.17) is 0 Å². The predicted octanol–water partition coefficient (Wildman–Crippen LogP) is 3.45. The van der Waals surface area contributed by atoms with Crippen LogP contribution in [0.2, 0.25) is 0 Å². The first-order valence-corrected chi connectivity index (χ1v) is 7.14. The number of carbonyl (C=O) groups excluding carboxylic acids is 1. The number of carbonyl (C=O) groups is 1. The zero-order valence-electron chi connectivity index (χ0n) is 9.20. The van der Waals surface area contributed by atoms with E-state index < -0.39 is 20.2 Å². The lowest BCUT2D eigenvalue weighted by Crippen LogP contribution is -2.46. The Labute approximate surface area is 129 Å². The van der Waals surface area contributed by atoms with Gasteiger partial charge in [-0.2, -0.15) is 0 Å². The summed E-state index contributed by atoms with van der Waals surface area (Å²) in [6.07, 6.45) is -1.20. The van der Waals surface area contributed by atoms with Gasteiger partial charge in [0.15, 0.2) is 8.37 Å². The zero-order chi connectivity index (χ0) is 13.9. The summed E-state index contributed by atoms with van der Waals surface area (Å²) in [5.74, 6) is -0.545. The van der Waals surface area contributed by atoms with Crippen molar-refractivity contribution >= 4 is 59.5 Å². The van der Waals surface area contributed by atoms with Crippen LogP contribution in [0.5, 0.6) is 0 Å². The maximum absolute atomic E-state index is 13.3. The van der Waals surface area contributed by atoms with Crippen molar-refractivity contribution in [1.82, 2.24) is 4.90 Å². The van der Waals surface area contributed by atoms with Crippen LogP contribution in [0.25, 0.3) is 0 Å². The van der Waals surface area contributed by atoms with E-state index in [9.17, 15) is 14.3 Å². The van der Waals surface area contributed by atoms with Gasteiger partial charge in [0.2, 0.25) is 0 Å². The van der Waals surface area contributed by atoms with E-state index in [0.29, 0.717) is 0 Å². The fraction of sp³-hybridized carbons (Fsp3) is 0.300. The minimum Gasteiger partial charge on any atom is -0.370 e. The van der Waals surface area contributed by atoms with E-state index >= 15 is 0 Å². The average molecular weight is 449 g/mol. The summed E-state index contributed by atoms with van der Waals surface area (Å²) in [6, 6.07) is 5.13. The number of benzene rings is 1. The lowest BCUT2D eigenvalue weighted by Gasteiger charge is -2.29. The molecule has 2 amide bonds. The Bertz CT molecular complexity index is 439. The second kappa shape index (κ2) is 6.31. The molecule has 0 spiro atoms. The molecular formula is C10H10Br3FN2O2. The fourth-order valence-electron chi connectivity index (χ4n) is 1.10. The molecule has 8 heteroatoms. The molecule has 0 saturated heterocycles. The smallest absolute Gasteiger partial charge is 0.323 e. The highest BCUT2D eigenvalue weighted by molar-refractivity contribution is 9.39. The van der Waals surface area contributed by atoms with Crippen LogP contribution in [0.1, 0.15) is 0 Å². The van der Waals surface area contributed by atoms with Crippen LogP contribution < -0.4 is 5.32 Å². The number of amides is 2. The third kappa shape index (κ3) is 4.18. The van der Waals surface area contributed by atoms with Crippen molar-refractivity contribution < 1.29 is 14.3 Å². The van der Waals surface area contributed by atoms with Crippen LogP contribution in [0.4, 0.5) is 14.9 Å². The lowest BCUT2D eigenvalue weighted by atomic mass is 10.3. The van der Waals surface area contributed by atoms with Gasteiger partial charge in [0, 0.05) is 7.05 Å². The van der Waals surface area contributed by atoms with Crippen LogP contribution in [0, 0.1) is 5.82 Å². The van der Waals surface area contributed by atoms with E-state index in [1.54, 1.807) is 6.07 Å². The Balaban J connectivity index is 2.75. The average Bonchev–Trinajstić information content (AvgIpc) is 2.29. The maximum atomic E-state index is 13.3. The first-order valence-electron chi connectivity index (χ1n) is 4.76. The number of hydrogen-bond acceptors (Lipinski definition) is 2. The molecule has 0 saturated carbocycles. The molecule has 4 nitrogen and oxygen atoms in total. The number of rotatable bonds is 2. The number of anilines is 1. The van der Waals surface area contributed by atoms with Gasteiger partial charge in [-0.15, -0.1) is 0 Å². The Hall–Kier alpha value is -0.180. The summed E-state index contributed by atoms with van der Waals surface area (Å²) in [5, 5.41) is 12.2. The molecule has 0 aliphatic carbocycles. The number of alkyl halides is 3. The number of nitrogens with zero attached hydrogens (tertiary/aromatic N) is 1. The van der Waals surface area contributed by atoms with E-state index in [1.807, 2.05) is 0 Å². The lowest BCUT2D eigenvalue weighted by molar-refractivity contribution is 0.0628. The Morgan fingerprint density at radius 2 is 2.00 bits per heavy atom. The normalized spacial score (nSPS) is 13.0. The molecule has 18 heavy (non-hydrogen) atoms. The summed E-state index contributed by atoms with van der Waals surface area (Å²) in [5.41, 5.74) is 0.0471.